The van der Waals surface area contributed by atoms with Crippen molar-refractivity contribution in [3.63, 3.8) is 0 Å². The summed E-state index contributed by atoms with van der Waals surface area (Å²) >= 11 is 12.7. The van der Waals surface area contributed by atoms with E-state index in [2.05, 4.69) is 14.9 Å². The molecule has 0 spiro atoms. The highest BCUT2D eigenvalue weighted by Crippen LogP contribution is 2.31. The van der Waals surface area contributed by atoms with Gasteiger partial charge in [0.25, 0.3) is 5.56 Å². The molecular weight excluding hydrogens is 411 g/mol. The molecule has 1 aromatic carbocycles. The molecule has 2 saturated heterocycles. The second-order valence-corrected chi connectivity index (χ2v) is 8.74. The van der Waals surface area contributed by atoms with Crippen molar-refractivity contribution in [1.82, 2.24) is 14.7 Å². The van der Waals surface area contributed by atoms with Crippen LogP contribution in [0.1, 0.15) is 31.2 Å². The summed E-state index contributed by atoms with van der Waals surface area (Å²) in [7, 11) is 0. The molecule has 0 saturated carbocycles. The largest absolute Gasteiger partial charge is 0.395 e. The molecule has 0 bridgehead atoms. The molecule has 2 unspecified atom stereocenters. The molecule has 4 rings (SSSR count). The molecule has 0 aliphatic carbocycles. The van der Waals surface area contributed by atoms with E-state index in [0.717, 1.165) is 50.9 Å². The number of anilines is 1. The molecule has 0 radical (unpaired) electrons. The number of rotatable bonds is 5. The number of hydrogen-bond acceptors (Lipinski definition) is 5. The first-order valence-electron chi connectivity index (χ1n) is 10.2. The Balaban J connectivity index is 1.60. The molecule has 2 aromatic rings. The summed E-state index contributed by atoms with van der Waals surface area (Å²) in [5.41, 5.74) is 1.88. The van der Waals surface area contributed by atoms with Crippen LogP contribution in [0.15, 0.2) is 29.2 Å². The van der Waals surface area contributed by atoms with Crippen molar-refractivity contribution in [2.45, 2.75) is 44.7 Å². The Morgan fingerprint density at radius 3 is 2.69 bits per heavy atom. The first-order chi connectivity index (χ1) is 14.0. The van der Waals surface area contributed by atoms with Crippen molar-refractivity contribution in [3.05, 3.63) is 50.4 Å². The van der Waals surface area contributed by atoms with Gasteiger partial charge in [-0.3, -0.25) is 9.69 Å². The van der Waals surface area contributed by atoms with E-state index in [4.69, 9.17) is 23.2 Å². The van der Waals surface area contributed by atoms with Crippen molar-refractivity contribution >= 4 is 28.9 Å². The number of benzene rings is 1. The Kier molecular flexibility index (Phi) is 6.16. The summed E-state index contributed by atoms with van der Waals surface area (Å²) in [5.74, 6) is 0. The maximum atomic E-state index is 12.9. The third-order valence-electron chi connectivity index (χ3n) is 6.14. The standard InChI is InChI=1S/C21H26Cl2N4O2/c1-14-6-7-15(10-18(14)22)27-21(29)20(23)19(11-24-27)26-9-3-4-16(26)12-25-8-2-5-17(25)13-28/h6-7,10-11,16-17,28H,2-5,8-9,12-13H2,1H3. The quantitative estimate of drug-likeness (QED) is 0.778. The lowest BCUT2D eigenvalue weighted by atomic mass is 10.1. The van der Waals surface area contributed by atoms with Crippen LogP contribution in [0.4, 0.5) is 5.69 Å². The van der Waals surface area contributed by atoms with Gasteiger partial charge in [0.2, 0.25) is 0 Å². The fraction of sp³-hybridized carbons (Fsp3) is 0.524. The Bertz CT molecular complexity index is 949. The summed E-state index contributed by atoms with van der Waals surface area (Å²) < 4.78 is 1.30. The number of nitrogens with zero attached hydrogens (tertiary/aromatic N) is 4. The van der Waals surface area contributed by atoms with Crippen molar-refractivity contribution in [3.8, 4) is 5.69 Å². The van der Waals surface area contributed by atoms with Gasteiger partial charge in [0.1, 0.15) is 5.02 Å². The van der Waals surface area contributed by atoms with Crippen molar-refractivity contribution in [2.24, 2.45) is 0 Å². The highest BCUT2D eigenvalue weighted by molar-refractivity contribution is 6.33. The number of aliphatic hydroxyl groups excluding tert-OH is 1. The van der Waals surface area contributed by atoms with E-state index in [1.165, 1.54) is 4.68 Å². The van der Waals surface area contributed by atoms with Gasteiger partial charge in [-0.25, -0.2) is 0 Å². The Morgan fingerprint density at radius 1 is 1.17 bits per heavy atom. The number of aromatic nitrogens is 2. The van der Waals surface area contributed by atoms with Crippen LogP contribution in [0.3, 0.4) is 0 Å². The monoisotopic (exact) mass is 436 g/mol. The van der Waals surface area contributed by atoms with Gasteiger partial charge >= 0.3 is 0 Å². The number of aliphatic hydroxyl groups is 1. The Hall–Kier alpha value is -1.60. The second-order valence-electron chi connectivity index (χ2n) is 7.96. The van der Waals surface area contributed by atoms with Gasteiger partial charge in [0.05, 0.1) is 24.2 Å². The van der Waals surface area contributed by atoms with E-state index in [0.29, 0.717) is 16.4 Å². The molecule has 29 heavy (non-hydrogen) atoms. The summed E-state index contributed by atoms with van der Waals surface area (Å²) in [5, 5.41) is 14.8. The van der Waals surface area contributed by atoms with Crippen LogP contribution < -0.4 is 10.5 Å². The van der Waals surface area contributed by atoms with Crippen LogP contribution in [0, 0.1) is 6.92 Å². The van der Waals surface area contributed by atoms with Crippen LogP contribution in [0.2, 0.25) is 10.0 Å². The molecular formula is C21H26Cl2N4O2. The Labute approximate surface area is 180 Å². The van der Waals surface area contributed by atoms with Gasteiger partial charge < -0.3 is 10.0 Å². The molecule has 156 valence electrons. The SMILES string of the molecule is Cc1ccc(-n2ncc(N3CCCC3CN3CCCC3CO)c(Cl)c2=O)cc1Cl. The summed E-state index contributed by atoms with van der Waals surface area (Å²) in [4.78, 5) is 17.5. The number of hydrogen-bond donors (Lipinski definition) is 1. The molecule has 2 aliphatic rings. The molecule has 8 heteroatoms. The van der Waals surface area contributed by atoms with Crippen LogP contribution in [-0.2, 0) is 0 Å². The summed E-state index contributed by atoms with van der Waals surface area (Å²) in [6.07, 6.45) is 5.94. The third kappa shape index (κ3) is 4.04. The average Bonchev–Trinajstić information content (AvgIpc) is 3.36. The van der Waals surface area contributed by atoms with Gasteiger partial charge in [-0.15, -0.1) is 0 Å². The zero-order chi connectivity index (χ0) is 20.5. The van der Waals surface area contributed by atoms with E-state index < -0.39 is 0 Å². The topological polar surface area (TPSA) is 61.6 Å². The molecule has 1 aromatic heterocycles. The predicted octanol–water partition coefficient (Wildman–Crippen LogP) is 3.27. The molecule has 0 amide bonds. The van der Waals surface area contributed by atoms with Crippen LogP contribution in [-0.4, -0.2) is 58.1 Å². The normalized spacial score (nSPS) is 22.6. The van der Waals surface area contributed by atoms with Crippen LogP contribution in [0.5, 0.6) is 0 Å². The van der Waals surface area contributed by atoms with E-state index in [1.807, 2.05) is 19.1 Å². The lowest BCUT2D eigenvalue weighted by Gasteiger charge is -2.32. The second kappa shape index (κ2) is 8.64. The van der Waals surface area contributed by atoms with Crippen LogP contribution in [0.25, 0.3) is 5.69 Å². The zero-order valence-corrected chi connectivity index (χ0v) is 18.0. The molecule has 2 aliphatic heterocycles. The molecule has 2 fully saturated rings. The van der Waals surface area contributed by atoms with Crippen molar-refractivity contribution in [2.75, 3.05) is 31.1 Å². The van der Waals surface area contributed by atoms with E-state index in [9.17, 15) is 9.90 Å². The fourth-order valence-electron chi connectivity index (χ4n) is 4.48. The lowest BCUT2D eigenvalue weighted by Crippen LogP contribution is -2.44. The molecule has 1 N–H and O–H groups in total. The minimum absolute atomic E-state index is 0.184. The highest BCUT2D eigenvalue weighted by atomic mass is 35.5. The fourth-order valence-corrected chi connectivity index (χ4v) is 4.89. The zero-order valence-electron chi connectivity index (χ0n) is 16.5. The lowest BCUT2D eigenvalue weighted by molar-refractivity contribution is 0.153. The number of aryl methyl sites for hydroxylation is 1. The molecule has 2 atom stereocenters. The van der Waals surface area contributed by atoms with Crippen LogP contribution >= 0.6 is 23.2 Å². The van der Waals surface area contributed by atoms with Gasteiger partial charge in [0.15, 0.2) is 0 Å². The first kappa shape index (κ1) is 20.7. The molecule has 6 nitrogen and oxygen atoms in total. The van der Waals surface area contributed by atoms with Crippen molar-refractivity contribution < 1.29 is 5.11 Å². The summed E-state index contributed by atoms with van der Waals surface area (Å²) in [6, 6.07) is 5.91. The van der Waals surface area contributed by atoms with Gasteiger partial charge in [-0.1, -0.05) is 29.3 Å². The molecule has 3 heterocycles. The minimum atomic E-state index is -0.343. The average molecular weight is 437 g/mol. The van der Waals surface area contributed by atoms with E-state index in [-0.39, 0.29) is 29.3 Å². The predicted molar refractivity (Wildman–Crippen MR) is 117 cm³/mol. The van der Waals surface area contributed by atoms with E-state index in [1.54, 1.807) is 12.3 Å². The smallest absolute Gasteiger partial charge is 0.292 e. The maximum absolute atomic E-state index is 12.9. The first-order valence-corrected chi connectivity index (χ1v) is 10.9. The number of halogens is 2. The maximum Gasteiger partial charge on any atom is 0.292 e. The highest BCUT2D eigenvalue weighted by Gasteiger charge is 2.33. The van der Waals surface area contributed by atoms with Gasteiger partial charge in [0, 0.05) is 30.2 Å². The third-order valence-corrected chi connectivity index (χ3v) is 6.90. The summed E-state index contributed by atoms with van der Waals surface area (Å²) in [6.45, 7) is 4.84. The van der Waals surface area contributed by atoms with Crippen molar-refractivity contribution in [1.29, 1.82) is 0 Å². The van der Waals surface area contributed by atoms with Gasteiger partial charge in [-0.05, 0) is 56.8 Å². The minimum Gasteiger partial charge on any atom is -0.395 e. The Morgan fingerprint density at radius 2 is 1.93 bits per heavy atom. The number of likely N-dealkylation sites (tertiary alicyclic amines) is 1. The van der Waals surface area contributed by atoms with Gasteiger partial charge in [-0.2, -0.15) is 9.78 Å². The van der Waals surface area contributed by atoms with E-state index >= 15 is 0 Å².